The van der Waals surface area contributed by atoms with Gasteiger partial charge in [-0.3, -0.25) is 0 Å². The Balaban J connectivity index is 2.29. The van der Waals surface area contributed by atoms with Crippen LogP contribution >= 0.6 is 11.6 Å². The molecule has 5 nitrogen and oxygen atoms in total. The number of carbonyl (C=O) groups excluding carboxylic acids is 1. The fourth-order valence-electron chi connectivity index (χ4n) is 1.72. The average Bonchev–Trinajstić information content (AvgIpc) is 2.68. The second-order valence-electron chi connectivity index (χ2n) is 4.01. The van der Waals surface area contributed by atoms with Crippen LogP contribution in [0.1, 0.15) is 6.92 Å². The third-order valence-electron chi connectivity index (χ3n) is 2.71. The number of alkyl carbamates (subject to hydrolysis) is 1. The Labute approximate surface area is 110 Å². The Kier molecular flexibility index (Phi) is 3.49. The number of nitrogens with one attached hydrogen (secondary N) is 1. The van der Waals surface area contributed by atoms with Crippen molar-refractivity contribution in [3.63, 3.8) is 0 Å². The third-order valence-corrected chi connectivity index (χ3v) is 5.45. The van der Waals surface area contributed by atoms with E-state index in [4.69, 9.17) is 16.3 Å². The summed E-state index contributed by atoms with van der Waals surface area (Å²) in [6.07, 6.45) is -1.55. The number of rotatable bonds is 3. The van der Waals surface area contributed by atoms with Crippen LogP contribution in [0.4, 0.5) is 4.79 Å². The lowest BCUT2D eigenvalue weighted by atomic mass is 10.2. The largest absolute Gasteiger partial charge is 0.441 e. The van der Waals surface area contributed by atoms with Gasteiger partial charge in [0.1, 0.15) is 0 Å². The number of amides is 1. The zero-order chi connectivity index (χ0) is 13.3. The maximum Gasteiger partial charge on any atom is 0.407 e. The van der Waals surface area contributed by atoms with E-state index in [-0.39, 0.29) is 4.90 Å². The zero-order valence-electron chi connectivity index (χ0n) is 9.54. The van der Waals surface area contributed by atoms with Gasteiger partial charge in [0.2, 0.25) is 0 Å². The van der Waals surface area contributed by atoms with E-state index in [1.165, 1.54) is 12.1 Å². The number of sulfone groups is 1. The second kappa shape index (κ2) is 4.78. The molecule has 98 valence electrons. The average molecular weight is 290 g/mol. The Morgan fingerprint density at radius 2 is 1.94 bits per heavy atom. The maximum absolute atomic E-state index is 12.2. The van der Waals surface area contributed by atoms with Gasteiger partial charge >= 0.3 is 6.09 Å². The lowest BCUT2D eigenvalue weighted by molar-refractivity contribution is 0.139. The van der Waals surface area contributed by atoms with E-state index in [2.05, 4.69) is 5.32 Å². The van der Waals surface area contributed by atoms with Crippen LogP contribution in [0.25, 0.3) is 0 Å². The number of benzene rings is 1. The first kappa shape index (κ1) is 13.2. The van der Waals surface area contributed by atoms with Gasteiger partial charge < -0.3 is 10.1 Å². The molecule has 0 aromatic heterocycles. The molecule has 0 bridgehead atoms. The molecule has 7 heteroatoms. The molecule has 18 heavy (non-hydrogen) atoms. The van der Waals surface area contributed by atoms with Crippen molar-refractivity contribution in [2.45, 2.75) is 28.7 Å². The molecule has 0 aliphatic carbocycles. The van der Waals surface area contributed by atoms with Gasteiger partial charge in [0.05, 0.1) is 10.9 Å². The molecule has 1 aliphatic rings. The highest BCUT2D eigenvalue weighted by atomic mass is 35.5. The number of hydrogen-bond acceptors (Lipinski definition) is 4. The van der Waals surface area contributed by atoms with E-state index < -0.39 is 32.8 Å². The molecule has 1 amide bonds. The number of ether oxygens (including phenoxy) is 1. The first-order valence-corrected chi connectivity index (χ1v) is 7.31. The van der Waals surface area contributed by atoms with Crippen molar-refractivity contribution < 1.29 is 17.9 Å². The summed E-state index contributed by atoms with van der Waals surface area (Å²) in [5.41, 5.74) is 0. The number of cyclic esters (lactones) is 1. The van der Waals surface area contributed by atoms with Gasteiger partial charge in [0.15, 0.2) is 20.7 Å². The number of alkyl halides is 1. The van der Waals surface area contributed by atoms with Crippen molar-refractivity contribution in [2.75, 3.05) is 0 Å². The summed E-state index contributed by atoms with van der Waals surface area (Å²) >= 11 is 5.97. The van der Waals surface area contributed by atoms with Crippen LogP contribution in [0.5, 0.6) is 0 Å². The topological polar surface area (TPSA) is 72.5 Å². The Morgan fingerprint density at radius 3 is 2.44 bits per heavy atom. The first-order valence-electron chi connectivity index (χ1n) is 5.33. The van der Waals surface area contributed by atoms with Crippen LogP contribution in [-0.2, 0) is 14.6 Å². The van der Waals surface area contributed by atoms with Gasteiger partial charge in [0, 0.05) is 0 Å². The predicted molar refractivity (Wildman–Crippen MR) is 66.1 cm³/mol. The molecule has 0 unspecified atom stereocenters. The molecule has 2 rings (SSSR count). The molecule has 1 aromatic carbocycles. The molecule has 0 radical (unpaired) electrons. The lowest BCUT2D eigenvalue weighted by Gasteiger charge is -2.19. The monoisotopic (exact) mass is 289 g/mol. The summed E-state index contributed by atoms with van der Waals surface area (Å²) in [5.74, 6) is 0. The predicted octanol–water partition coefficient (Wildman–Crippen LogP) is 1.52. The van der Waals surface area contributed by atoms with Gasteiger partial charge in [-0.05, 0) is 19.1 Å². The van der Waals surface area contributed by atoms with Gasteiger partial charge in [-0.15, -0.1) is 11.6 Å². The molecule has 1 saturated heterocycles. The minimum atomic E-state index is -3.73. The summed E-state index contributed by atoms with van der Waals surface area (Å²) in [7, 11) is -3.73. The lowest BCUT2D eigenvalue weighted by Crippen LogP contribution is -2.38. The normalized spacial score (nSPS) is 25.3. The van der Waals surface area contributed by atoms with Crippen molar-refractivity contribution in [2.24, 2.45) is 0 Å². The Morgan fingerprint density at radius 1 is 1.33 bits per heavy atom. The summed E-state index contributed by atoms with van der Waals surface area (Å²) in [6, 6.07) is 7.40. The smallest absolute Gasteiger partial charge is 0.407 e. The van der Waals surface area contributed by atoms with Crippen LogP contribution in [0.15, 0.2) is 35.2 Å². The quantitative estimate of drug-likeness (QED) is 0.857. The molecular formula is C11H12ClNO4S. The van der Waals surface area contributed by atoms with Crippen LogP contribution < -0.4 is 5.32 Å². The molecule has 0 spiro atoms. The van der Waals surface area contributed by atoms with Gasteiger partial charge in [-0.1, -0.05) is 18.2 Å². The van der Waals surface area contributed by atoms with Crippen molar-refractivity contribution in [3.05, 3.63) is 30.3 Å². The zero-order valence-corrected chi connectivity index (χ0v) is 11.1. The van der Waals surface area contributed by atoms with Crippen molar-refractivity contribution in [1.82, 2.24) is 5.32 Å². The highest BCUT2D eigenvalue weighted by Crippen LogP contribution is 2.26. The third kappa shape index (κ3) is 2.30. The molecule has 1 aliphatic heterocycles. The van der Waals surface area contributed by atoms with Crippen LogP contribution in [0.2, 0.25) is 0 Å². The van der Waals surface area contributed by atoms with Gasteiger partial charge in [-0.25, -0.2) is 13.2 Å². The number of carbonyl (C=O) groups is 1. The van der Waals surface area contributed by atoms with E-state index in [1.807, 2.05) is 0 Å². The Bertz CT molecular complexity index is 545. The summed E-state index contributed by atoms with van der Waals surface area (Å²) in [6.45, 7) is 1.64. The summed E-state index contributed by atoms with van der Waals surface area (Å²) < 4.78 is 28.0. The molecule has 0 saturated carbocycles. The molecule has 3 atom stereocenters. The van der Waals surface area contributed by atoms with Crippen LogP contribution in [0.3, 0.4) is 0 Å². The maximum atomic E-state index is 12.2. The highest BCUT2D eigenvalue weighted by molar-refractivity contribution is 7.93. The van der Waals surface area contributed by atoms with E-state index in [0.29, 0.717) is 0 Å². The van der Waals surface area contributed by atoms with Crippen LogP contribution in [-0.4, -0.2) is 31.4 Å². The molecular weight excluding hydrogens is 278 g/mol. The van der Waals surface area contributed by atoms with Gasteiger partial charge in [0.25, 0.3) is 0 Å². The minimum absolute atomic E-state index is 0.111. The highest BCUT2D eigenvalue weighted by Gasteiger charge is 2.43. The SMILES string of the molecule is C[C@@H]1NC(=O)O[C@@H]1[C@H](Cl)S(=O)(=O)c1ccccc1. The van der Waals surface area contributed by atoms with Crippen molar-refractivity contribution in [3.8, 4) is 0 Å². The fourth-order valence-corrected chi connectivity index (χ4v) is 3.74. The molecule has 1 aromatic rings. The second-order valence-corrected chi connectivity index (χ2v) is 6.81. The van der Waals surface area contributed by atoms with Crippen molar-refractivity contribution in [1.29, 1.82) is 0 Å². The number of halogens is 1. The fraction of sp³-hybridized carbons (Fsp3) is 0.364. The van der Waals surface area contributed by atoms with E-state index in [0.717, 1.165) is 0 Å². The van der Waals surface area contributed by atoms with E-state index in [9.17, 15) is 13.2 Å². The molecule has 1 fully saturated rings. The summed E-state index contributed by atoms with van der Waals surface area (Å²) in [5, 5.41) is 2.46. The van der Waals surface area contributed by atoms with Gasteiger partial charge in [-0.2, -0.15) is 0 Å². The van der Waals surface area contributed by atoms with Crippen LogP contribution in [0, 0.1) is 0 Å². The van der Waals surface area contributed by atoms with E-state index in [1.54, 1.807) is 25.1 Å². The standard InChI is InChI=1S/C11H12ClNO4S/c1-7-9(17-11(14)13-7)10(12)18(15,16)8-5-3-2-4-6-8/h2-7,9-10H,1H3,(H,13,14)/t7-,9-,10+/m0/s1. The first-order chi connectivity index (χ1) is 8.43. The Hall–Kier alpha value is -1.27. The number of hydrogen-bond donors (Lipinski definition) is 1. The minimum Gasteiger partial charge on any atom is -0.441 e. The molecule has 1 N–H and O–H groups in total. The van der Waals surface area contributed by atoms with E-state index >= 15 is 0 Å². The molecule has 1 heterocycles. The van der Waals surface area contributed by atoms with Crippen molar-refractivity contribution >= 4 is 27.5 Å². The summed E-state index contributed by atoms with van der Waals surface area (Å²) in [4.78, 5) is 11.2.